The van der Waals surface area contributed by atoms with Crippen LogP contribution < -0.4 is 0 Å². The molecule has 0 radical (unpaired) electrons. The Labute approximate surface area is 270 Å². The van der Waals surface area contributed by atoms with Crippen LogP contribution in [-0.2, 0) is 14.3 Å². The Kier molecular flexibility index (Phi) is 37.0. The topological polar surface area (TPSA) is 55.8 Å². The van der Waals surface area contributed by atoms with Gasteiger partial charge in [0.2, 0.25) is 0 Å². The molecule has 4 heteroatoms. The predicted molar refractivity (Wildman–Crippen MR) is 187 cm³/mol. The second-order valence-electron chi connectivity index (χ2n) is 13.4. The Balaban J connectivity index is 3.29. The van der Waals surface area contributed by atoms with E-state index < -0.39 is 6.10 Å². The van der Waals surface area contributed by atoms with Gasteiger partial charge < -0.3 is 14.6 Å². The molecule has 258 valence electrons. The van der Waals surface area contributed by atoms with Crippen LogP contribution in [0.1, 0.15) is 219 Å². The largest absolute Gasteiger partial charge is 0.457 e. The smallest absolute Gasteiger partial charge is 0.306 e. The van der Waals surface area contributed by atoms with Gasteiger partial charge in [0, 0.05) is 13.0 Å². The van der Waals surface area contributed by atoms with Crippen LogP contribution in [0.4, 0.5) is 0 Å². The van der Waals surface area contributed by atoms with Crippen LogP contribution in [-0.4, -0.2) is 37.0 Å². The van der Waals surface area contributed by atoms with E-state index in [9.17, 15) is 9.90 Å². The number of unbranched alkanes of at least 4 members (excludes halogenated alkanes) is 29. The quantitative estimate of drug-likeness (QED) is 0.0561. The number of carbonyl (C=O) groups is 1. The summed E-state index contributed by atoms with van der Waals surface area (Å²) in [7, 11) is 0. The lowest BCUT2D eigenvalue weighted by atomic mass is 10.0. The van der Waals surface area contributed by atoms with Crippen molar-refractivity contribution in [2.24, 2.45) is 0 Å². The van der Waals surface area contributed by atoms with Crippen molar-refractivity contribution in [2.45, 2.75) is 225 Å². The molecule has 0 amide bonds. The molecule has 0 bridgehead atoms. The summed E-state index contributed by atoms with van der Waals surface area (Å²) < 4.78 is 11.1. The number of rotatable bonds is 37. The molecule has 0 saturated carbocycles. The van der Waals surface area contributed by atoms with E-state index in [1.165, 1.54) is 180 Å². The zero-order valence-electron chi connectivity index (χ0n) is 29.5. The van der Waals surface area contributed by atoms with E-state index in [1.807, 2.05) is 0 Å². The number of carbonyl (C=O) groups excluding carboxylic acids is 1. The maximum absolute atomic E-state index is 12.0. The fraction of sp³-hybridized carbons (Fsp3) is 0.974. The molecule has 0 saturated heterocycles. The lowest BCUT2D eigenvalue weighted by Gasteiger charge is -2.16. The van der Waals surface area contributed by atoms with Crippen LogP contribution in [0.15, 0.2) is 0 Å². The molecule has 1 N–H and O–H groups in total. The van der Waals surface area contributed by atoms with E-state index in [2.05, 4.69) is 13.8 Å². The minimum atomic E-state index is -0.522. The van der Waals surface area contributed by atoms with Crippen molar-refractivity contribution in [2.75, 3.05) is 19.8 Å². The van der Waals surface area contributed by atoms with Crippen molar-refractivity contribution < 1.29 is 19.4 Å². The van der Waals surface area contributed by atoms with E-state index in [4.69, 9.17) is 9.47 Å². The second kappa shape index (κ2) is 37.6. The number of hydrogen-bond donors (Lipinski definition) is 1. The Bertz CT molecular complexity index is 523. The summed E-state index contributed by atoms with van der Waals surface area (Å²) in [5.74, 6) is -0.201. The summed E-state index contributed by atoms with van der Waals surface area (Å²) in [6.07, 6.45) is 41.7. The number of hydrogen-bond acceptors (Lipinski definition) is 4. The number of aliphatic hydroxyl groups is 1. The van der Waals surface area contributed by atoms with Gasteiger partial charge in [0.1, 0.15) is 6.10 Å². The molecule has 0 rings (SSSR count). The second-order valence-corrected chi connectivity index (χ2v) is 13.4. The fourth-order valence-electron chi connectivity index (χ4n) is 5.98. The third-order valence-electron chi connectivity index (χ3n) is 8.93. The predicted octanol–water partition coefficient (Wildman–Crippen LogP) is 12.4. The van der Waals surface area contributed by atoms with Gasteiger partial charge in [0.15, 0.2) is 0 Å². The van der Waals surface area contributed by atoms with Gasteiger partial charge in [-0.2, -0.15) is 0 Å². The molecule has 0 fully saturated rings. The Morgan fingerprint density at radius 2 is 0.767 bits per heavy atom. The van der Waals surface area contributed by atoms with Gasteiger partial charge in [-0.3, -0.25) is 4.79 Å². The summed E-state index contributed by atoms with van der Waals surface area (Å²) in [6, 6.07) is 0. The molecule has 0 aromatic heterocycles. The third-order valence-corrected chi connectivity index (χ3v) is 8.93. The highest BCUT2D eigenvalue weighted by Crippen LogP contribution is 2.16. The number of ether oxygens (including phenoxy) is 2. The third kappa shape index (κ3) is 35.7. The SMILES string of the molecule is CCCCCCCCCCCCCCCCCCCCCCCCCOCC(CO)OC(=O)CCCCCCCCCC. The van der Waals surface area contributed by atoms with Crippen molar-refractivity contribution in [3.8, 4) is 0 Å². The normalized spacial score (nSPS) is 12.2. The van der Waals surface area contributed by atoms with Crippen LogP contribution in [0.3, 0.4) is 0 Å². The molecule has 0 aliphatic rings. The molecular formula is C39H78O4. The highest BCUT2D eigenvalue weighted by molar-refractivity contribution is 5.69. The standard InChI is InChI=1S/C39H78O4/c1-3-5-7-9-11-13-14-15-16-17-18-19-20-21-22-23-24-25-26-27-29-31-33-35-42-37-38(36-40)43-39(41)34-32-30-28-12-10-8-6-4-2/h38,40H,3-37H2,1-2H3. The first-order valence-electron chi connectivity index (χ1n) is 19.6. The molecule has 0 spiro atoms. The molecule has 0 heterocycles. The molecule has 1 atom stereocenters. The van der Waals surface area contributed by atoms with Gasteiger partial charge in [0.25, 0.3) is 0 Å². The molecule has 4 nitrogen and oxygen atoms in total. The van der Waals surface area contributed by atoms with E-state index in [1.54, 1.807) is 0 Å². The first-order chi connectivity index (χ1) is 21.2. The maximum Gasteiger partial charge on any atom is 0.306 e. The van der Waals surface area contributed by atoms with Gasteiger partial charge in [0.05, 0.1) is 13.2 Å². The number of esters is 1. The van der Waals surface area contributed by atoms with Crippen LogP contribution in [0, 0.1) is 0 Å². The van der Waals surface area contributed by atoms with Gasteiger partial charge in [-0.25, -0.2) is 0 Å². The van der Waals surface area contributed by atoms with Gasteiger partial charge in [-0.1, -0.05) is 200 Å². The van der Waals surface area contributed by atoms with Crippen LogP contribution in [0.5, 0.6) is 0 Å². The Morgan fingerprint density at radius 1 is 0.465 bits per heavy atom. The average molecular weight is 611 g/mol. The van der Waals surface area contributed by atoms with Crippen molar-refractivity contribution in [1.29, 1.82) is 0 Å². The Hall–Kier alpha value is -0.610. The van der Waals surface area contributed by atoms with E-state index in [-0.39, 0.29) is 12.6 Å². The highest BCUT2D eigenvalue weighted by atomic mass is 16.6. The first kappa shape index (κ1) is 42.4. The van der Waals surface area contributed by atoms with Crippen molar-refractivity contribution in [3.63, 3.8) is 0 Å². The lowest BCUT2D eigenvalue weighted by molar-refractivity contribution is -0.154. The zero-order valence-corrected chi connectivity index (χ0v) is 29.5. The molecule has 0 aromatic rings. The maximum atomic E-state index is 12.0. The van der Waals surface area contributed by atoms with E-state index in [0.717, 1.165) is 19.3 Å². The van der Waals surface area contributed by atoms with Crippen LogP contribution in [0.25, 0.3) is 0 Å². The highest BCUT2D eigenvalue weighted by Gasteiger charge is 2.13. The van der Waals surface area contributed by atoms with E-state index >= 15 is 0 Å². The minimum absolute atomic E-state index is 0.164. The van der Waals surface area contributed by atoms with Crippen molar-refractivity contribution in [3.05, 3.63) is 0 Å². The van der Waals surface area contributed by atoms with Gasteiger partial charge >= 0.3 is 5.97 Å². The van der Waals surface area contributed by atoms with Crippen LogP contribution >= 0.6 is 0 Å². The summed E-state index contributed by atoms with van der Waals surface area (Å²) in [4.78, 5) is 12.0. The molecule has 0 aliphatic carbocycles. The number of aliphatic hydroxyl groups excluding tert-OH is 1. The monoisotopic (exact) mass is 611 g/mol. The summed E-state index contributed by atoms with van der Waals surface area (Å²) >= 11 is 0. The van der Waals surface area contributed by atoms with Gasteiger partial charge in [-0.15, -0.1) is 0 Å². The summed E-state index contributed by atoms with van der Waals surface area (Å²) in [5, 5.41) is 9.52. The molecule has 0 aromatic carbocycles. The molecular weight excluding hydrogens is 532 g/mol. The molecule has 1 unspecified atom stereocenters. The zero-order chi connectivity index (χ0) is 31.3. The van der Waals surface area contributed by atoms with Crippen LogP contribution in [0.2, 0.25) is 0 Å². The minimum Gasteiger partial charge on any atom is -0.457 e. The average Bonchev–Trinajstić information content (AvgIpc) is 3.01. The van der Waals surface area contributed by atoms with E-state index in [0.29, 0.717) is 19.6 Å². The lowest BCUT2D eigenvalue weighted by Crippen LogP contribution is -2.27. The Morgan fingerprint density at radius 3 is 1.09 bits per heavy atom. The fourth-order valence-corrected chi connectivity index (χ4v) is 5.98. The summed E-state index contributed by atoms with van der Waals surface area (Å²) in [6.45, 7) is 5.36. The first-order valence-corrected chi connectivity index (χ1v) is 19.6. The van der Waals surface area contributed by atoms with Crippen molar-refractivity contribution in [1.82, 2.24) is 0 Å². The van der Waals surface area contributed by atoms with Gasteiger partial charge in [-0.05, 0) is 12.8 Å². The molecule has 43 heavy (non-hydrogen) atoms. The summed E-state index contributed by atoms with van der Waals surface area (Å²) in [5.41, 5.74) is 0. The van der Waals surface area contributed by atoms with Crippen molar-refractivity contribution >= 4 is 5.97 Å². The molecule has 0 aliphatic heterocycles.